The quantitative estimate of drug-likeness (QED) is 0.607. The molecule has 0 amide bonds. The first-order chi connectivity index (χ1) is 7.59. The number of H-pyrrole nitrogens is 1. The van der Waals surface area contributed by atoms with Gasteiger partial charge in [0.15, 0.2) is 0 Å². The standard InChI is InChI=1S/C10H8N2O4/c13-9(14)5-7-6-3-1-2-4-8(6)11-10(7)12(15)16/h1-4,11H,5H2,(H,13,14). The van der Waals surface area contributed by atoms with Crippen molar-refractivity contribution >= 4 is 22.7 Å². The molecule has 0 saturated heterocycles. The van der Waals surface area contributed by atoms with Gasteiger partial charge in [-0.1, -0.05) is 18.2 Å². The summed E-state index contributed by atoms with van der Waals surface area (Å²) in [6, 6.07) is 6.78. The lowest BCUT2D eigenvalue weighted by Gasteiger charge is -1.95. The minimum Gasteiger partial charge on any atom is -0.481 e. The minimum absolute atomic E-state index is 0.216. The summed E-state index contributed by atoms with van der Waals surface area (Å²) >= 11 is 0. The normalized spacial score (nSPS) is 10.5. The predicted molar refractivity (Wildman–Crippen MR) is 56.3 cm³/mol. The van der Waals surface area contributed by atoms with Crippen LogP contribution in [0.1, 0.15) is 5.56 Å². The van der Waals surface area contributed by atoms with Crippen molar-refractivity contribution in [3.63, 3.8) is 0 Å². The maximum Gasteiger partial charge on any atom is 0.325 e. The molecule has 0 unspecified atom stereocenters. The zero-order chi connectivity index (χ0) is 11.7. The Morgan fingerprint density at radius 2 is 2.12 bits per heavy atom. The van der Waals surface area contributed by atoms with Crippen molar-refractivity contribution in [1.82, 2.24) is 4.98 Å². The van der Waals surface area contributed by atoms with Crippen molar-refractivity contribution in [3.05, 3.63) is 39.9 Å². The van der Waals surface area contributed by atoms with E-state index in [2.05, 4.69) is 4.98 Å². The summed E-state index contributed by atoms with van der Waals surface area (Å²) in [6.07, 6.45) is -0.361. The van der Waals surface area contributed by atoms with E-state index < -0.39 is 10.9 Å². The van der Waals surface area contributed by atoms with Crippen LogP contribution in [-0.2, 0) is 11.2 Å². The van der Waals surface area contributed by atoms with E-state index in [1.807, 2.05) is 0 Å². The van der Waals surface area contributed by atoms with Gasteiger partial charge in [-0.25, -0.2) is 4.98 Å². The summed E-state index contributed by atoms with van der Waals surface area (Å²) in [5.41, 5.74) is 0.790. The molecule has 1 aromatic heterocycles. The van der Waals surface area contributed by atoms with E-state index in [9.17, 15) is 14.9 Å². The van der Waals surface area contributed by atoms with Gasteiger partial charge in [-0.15, -0.1) is 0 Å². The Morgan fingerprint density at radius 3 is 2.75 bits per heavy atom. The molecule has 0 fully saturated rings. The van der Waals surface area contributed by atoms with Crippen LogP contribution in [0.5, 0.6) is 0 Å². The molecule has 0 spiro atoms. The van der Waals surface area contributed by atoms with E-state index in [1.165, 1.54) is 0 Å². The average molecular weight is 220 g/mol. The molecule has 0 aliphatic carbocycles. The largest absolute Gasteiger partial charge is 0.481 e. The molecule has 1 heterocycles. The molecule has 1 aromatic carbocycles. The van der Waals surface area contributed by atoms with Gasteiger partial charge in [0.25, 0.3) is 0 Å². The molecule has 2 aromatic rings. The SMILES string of the molecule is O=C(O)Cc1c([N+](=O)[O-])[nH]c2ccccc12. The van der Waals surface area contributed by atoms with E-state index in [4.69, 9.17) is 5.11 Å². The van der Waals surface area contributed by atoms with Gasteiger partial charge in [0.2, 0.25) is 0 Å². The number of benzene rings is 1. The zero-order valence-electron chi connectivity index (χ0n) is 8.14. The fourth-order valence-electron chi connectivity index (χ4n) is 1.67. The predicted octanol–water partition coefficient (Wildman–Crippen LogP) is 1.70. The molecule has 16 heavy (non-hydrogen) atoms. The number of hydrogen-bond acceptors (Lipinski definition) is 3. The number of hydrogen-bond donors (Lipinski definition) is 2. The van der Waals surface area contributed by atoms with Gasteiger partial charge < -0.3 is 15.2 Å². The highest BCUT2D eigenvalue weighted by Gasteiger charge is 2.21. The van der Waals surface area contributed by atoms with Crippen LogP contribution in [0.25, 0.3) is 10.9 Å². The Balaban J connectivity index is 2.69. The molecular weight excluding hydrogens is 212 g/mol. The molecule has 0 atom stereocenters. The van der Waals surface area contributed by atoms with Crippen molar-refractivity contribution < 1.29 is 14.8 Å². The van der Waals surface area contributed by atoms with Crippen molar-refractivity contribution in [2.75, 3.05) is 0 Å². The lowest BCUT2D eigenvalue weighted by molar-refractivity contribution is -0.389. The van der Waals surface area contributed by atoms with Gasteiger partial charge in [0.1, 0.15) is 5.52 Å². The molecule has 2 N–H and O–H groups in total. The maximum absolute atomic E-state index is 10.8. The number of carboxylic acids is 1. The molecule has 0 bridgehead atoms. The number of rotatable bonds is 3. The number of nitro groups is 1. The number of aromatic nitrogens is 1. The third kappa shape index (κ3) is 1.60. The number of nitrogens with zero attached hydrogens (tertiary/aromatic N) is 1. The zero-order valence-corrected chi connectivity index (χ0v) is 8.14. The van der Waals surface area contributed by atoms with Crippen molar-refractivity contribution in [1.29, 1.82) is 0 Å². The van der Waals surface area contributed by atoms with Crippen molar-refractivity contribution in [2.24, 2.45) is 0 Å². The number of aliphatic carboxylic acids is 1. The highest BCUT2D eigenvalue weighted by Crippen LogP contribution is 2.27. The van der Waals surface area contributed by atoms with Gasteiger partial charge >= 0.3 is 11.8 Å². The van der Waals surface area contributed by atoms with E-state index in [0.717, 1.165) is 0 Å². The van der Waals surface area contributed by atoms with Gasteiger partial charge in [0, 0.05) is 5.39 Å². The van der Waals surface area contributed by atoms with Crippen LogP contribution in [0, 0.1) is 10.1 Å². The summed E-state index contributed by atoms with van der Waals surface area (Å²) in [6.45, 7) is 0. The monoisotopic (exact) mass is 220 g/mol. The first kappa shape index (κ1) is 10.2. The van der Waals surface area contributed by atoms with Crippen LogP contribution in [0.2, 0.25) is 0 Å². The second-order valence-corrected chi connectivity index (χ2v) is 3.33. The third-order valence-electron chi connectivity index (χ3n) is 2.30. The molecule has 0 saturated carbocycles. The van der Waals surface area contributed by atoms with Crippen molar-refractivity contribution in [2.45, 2.75) is 6.42 Å². The Labute approximate surface area is 89.7 Å². The number of aromatic amines is 1. The maximum atomic E-state index is 10.8. The summed E-state index contributed by atoms with van der Waals surface area (Å²) < 4.78 is 0. The first-order valence-corrected chi connectivity index (χ1v) is 4.55. The molecule has 0 radical (unpaired) electrons. The number of carbonyl (C=O) groups is 1. The Bertz CT molecular complexity index is 573. The van der Waals surface area contributed by atoms with Gasteiger partial charge in [-0.2, -0.15) is 0 Å². The molecule has 2 rings (SSSR count). The molecule has 0 aliphatic heterocycles. The molecule has 82 valence electrons. The summed E-state index contributed by atoms with van der Waals surface area (Å²) in [5, 5.41) is 20.0. The second kappa shape index (κ2) is 3.65. The summed E-state index contributed by atoms with van der Waals surface area (Å²) in [5.74, 6) is -1.34. The number of nitrogens with one attached hydrogen (secondary N) is 1. The molecule has 6 heteroatoms. The summed E-state index contributed by atoms with van der Waals surface area (Å²) in [7, 11) is 0. The Kier molecular flexibility index (Phi) is 2.32. The smallest absolute Gasteiger partial charge is 0.325 e. The van der Waals surface area contributed by atoms with Crippen LogP contribution in [0.15, 0.2) is 24.3 Å². The van der Waals surface area contributed by atoms with Crippen molar-refractivity contribution in [3.8, 4) is 0 Å². The first-order valence-electron chi connectivity index (χ1n) is 4.55. The second-order valence-electron chi connectivity index (χ2n) is 3.33. The number of fused-ring (bicyclic) bond motifs is 1. The highest BCUT2D eigenvalue weighted by atomic mass is 16.6. The third-order valence-corrected chi connectivity index (χ3v) is 2.30. The van der Waals surface area contributed by atoms with Crippen LogP contribution in [0.4, 0.5) is 5.82 Å². The summed E-state index contributed by atoms with van der Waals surface area (Å²) in [4.78, 5) is 23.4. The minimum atomic E-state index is -1.09. The van der Waals surface area contributed by atoms with Gasteiger partial charge in [-0.3, -0.25) is 4.79 Å². The topological polar surface area (TPSA) is 96.2 Å². The number of para-hydroxylation sites is 1. The van der Waals surface area contributed by atoms with Crippen LogP contribution >= 0.6 is 0 Å². The lowest BCUT2D eigenvalue weighted by Crippen LogP contribution is -2.02. The van der Waals surface area contributed by atoms with Gasteiger partial charge in [-0.05, 0) is 11.0 Å². The van der Waals surface area contributed by atoms with E-state index in [-0.39, 0.29) is 17.8 Å². The fourth-order valence-corrected chi connectivity index (χ4v) is 1.67. The highest BCUT2D eigenvalue weighted by molar-refractivity contribution is 5.90. The molecule has 6 nitrogen and oxygen atoms in total. The van der Waals surface area contributed by atoms with Crippen LogP contribution < -0.4 is 0 Å². The molecular formula is C10H8N2O4. The van der Waals surface area contributed by atoms with E-state index >= 15 is 0 Å². The fraction of sp³-hybridized carbons (Fsp3) is 0.100. The van der Waals surface area contributed by atoms with Crippen LogP contribution in [-0.4, -0.2) is 21.0 Å². The average Bonchev–Trinajstić information content (AvgIpc) is 2.57. The Morgan fingerprint density at radius 1 is 1.44 bits per heavy atom. The lowest BCUT2D eigenvalue weighted by atomic mass is 10.1. The van der Waals surface area contributed by atoms with E-state index in [0.29, 0.717) is 10.9 Å². The number of carboxylic acid groups (broad SMARTS) is 1. The molecule has 0 aliphatic rings. The van der Waals surface area contributed by atoms with Crippen LogP contribution in [0.3, 0.4) is 0 Å². The van der Waals surface area contributed by atoms with E-state index in [1.54, 1.807) is 24.3 Å². The van der Waals surface area contributed by atoms with Gasteiger partial charge in [0.05, 0.1) is 12.0 Å². The Hall–Kier alpha value is -2.37.